The number of piperazine rings is 1. The fourth-order valence-corrected chi connectivity index (χ4v) is 4.18. The Balaban J connectivity index is 0.000000984. The minimum Gasteiger partial charge on any atom is -0.480 e. The molecule has 0 bridgehead atoms. The Kier molecular flexibility index (Phi) is 12.5. The Morgan fingerprint density at radius 3 is 1.83 bits per heavy atom. The molecular formula is C28H31F3N8O8. The van der Waals surface area contributed by atoms with E-state index in [0.29, 0.717) is 16.8 Å². The van der Waals surface area contributed by atoms with Crippen molar-refractivity contribution in [3.05, 3.63) is 65.2 Å². The van der Waals surface area contributed by atoms with Gasteiger partial charge in [-0.3, -0.25) is 34.8 Å². The highest BCUT2D eigenvalue weighted by atomic mass is 19.4. The molecule has 1 saturated heterocycles. The summed E-state index contributed by atoms with van der Waals surface area (Å²) in [5, 5.41) is 36.4. The number of benzene rings is 2. The molecule has 0 aliphatic carbocycles. The van der Waals surface area contributed by atoms with Crippen LogP contribution >= 0.6 is 0 Å². The van der Waals surface area contributed by atoms with Gasteiger partial charge in [-0.25, -0.2) is 4.79 Å². The molecule has 0 radical (unpaired) electrons. The van der Waals surface area contributed by atoms with E-state index in [9.17, 15) is 42.3 Å². The summed E-state index contributed by atoms with van der Waals surface area (Å²) >= 11 is 0. The van der Waals surface area contributed by atoms with Crippen LogP contribution in [0.5, 0.6) is 0 Å². The van der Waals surface area contributed by atoms with E-state index in [-0.39, 0.29) is 30.3 Å². The van der Waals surface area contributed by atoms with Crippen molar-refractivity contribution in [3.8, 4) is 0 Å². The van der Waals surface area contributed by atoms with E-state index in [1.54, 1.807) is 0 Å². The maximum Gasteiger partial charge on any atom is 0.490 e. The van der Waals surface area contributed by atoms with E-state index >= 15 is 0 Å². The molecule has 10 N–H and O–H groups in total. The molecule has 47 heavy (non-hydrogen) atoms. The number of carboxylic acid groups (broad SMARTS) is 2. The highest BCUT2D eigenvalue weighted by molar-refractivity contribution is 6.02. The number of nitrogens with zero attached hydrogens (tertiary/aromatic N) is 2. The van der Waals surface area contributed by atoms with Gasteiger partial charge in [-0.2, -0.15) is 13.2 Å². The highest BCUT2D eigenvalue weighted by Crippen LogP contribution is 2.22. The summed E-state index contributed by atoms with van der Waals surface area (Å²) < 4.78 is 31.7. The van der Waals surface area contributed by atoms with Crippen molar-refractivity contribution < 1.29 is 52.2 Å². The normalized spacial score (nSPS) is 15.0. The van der Waals surface area contributed by atoms with Gasteiger partial charge in [-0.1, -0.05) is 19.1 Å². The zero-order valence-corrected chi connectivity index (χ0v) is 24.6. The van der Waals surface area contributed by atoms with Gasteiger partial charge >= 0.3 is 18.1 Å². The second-order valence-electron chi connectivity index (χ2n) is 9.93. The number of hydrogen-bond donors (Lipinski definition) is 8. The van der Waals surface area contributed by atoms with Crippen molar-refractivity contribution in [3.63, 3.8) is 0 Å². The van der Waals surface area contributed by atoms with E-state index in [1.165, 1.54) is 60.4 Å². The lowest BCUT2D eigenvalue weighted by atomic mass is 9.95. The number of aliphatic carboxylic acids is 2. The van der Waals surface area contributed by atoms with Gasteiger partial charge < -0.3 is 42.1 Å². The van der Waals surface area contributed by atoms with Crippen LogP contribution in [0.1, 0.15) is 28.4 Å². The lowest BCUT2D eigenvalue weighted by molar-refractivity contribution is -0.192. The van der Waals surface area contributed by atoms with E-state index < -0.39 is 66.8 Å². The molecule has 252 valence electrons. The summed E-state index contributed by atoms with van der Waals surface area (Å²) in [4.78, 5) is 74.5. The van der Waals surface area contributed by atoms with Crippen molar-refractivity contribution >= 4 is 52.9 Å². The molecular weight excluding hydrogens is 633 g/mol. The SMILES string of the molecule is CC(C(=O)Nc1ccc(C(=N)N)cc1)[C@H]1C(=O)N(CC(=O)O)CCN1C(=O)CNC(=O)c1ccc(C(=N)N)cc1.O=C(O)C(F)(F)F. The van der Waals surface area contributed by atoms with Crippen LogP contribution in [-0.4, -0.2) is 106 Å². The molecule has 1 aliphatic rings. The molecule has 1 unspecified atom stereocenters. The van der Waals surface area contributed by atoms with Crippen LogP contribution in [-0.2, 0) is 24.0 Å². The number of carbonyl (C=O) groups is 6. The van der Waals surface area contributed by atoms with Crippen molar-refractivity contribution in [2.24, 2.45) is 17.4 Å². The summed E-state index contributed by atoms with van der Waals surface area (Å²) in [5.74, 6) is -7.90. The zero-order chi connectivity index (χ0) is 35.6. The Morgan fingerprint density at radius 2 is 1.38 bits per heavy atom. The molecule has 1 fully saturated rings. The fourth-order valence-electron chi connectivity index (χ4n) is 4.18. The molecule has 1 aliphatic heterocycles. The maximum absolute atomic E-state index is 13.3. The Labute approximate surface area is 264 Å². The molecule has 2 aromatic carbocycles. The smallest absolute Gasteiger partial charge is 0.480 e. The van der Waals surface area contributed by atoms with Gasteiger partial charge in [-0.05, 0) is 36.4 Å². The van der Waals surface area contributed by atoms with Gasteiger partial charge in [0.2, 0.25) is 17.7 Å². The fraction of sp³-hybridized carbons (Fsp3) is 0.286. The number of rotatable bonds is 10. The first kappa shape index (κ1) is 37.2. The standard InChI is InChI=1S/C26H30N8O6.C2HF3O2/c1-14(24(38)32-18-8-6-16(7-9-18)23(29)30)21-26(40)33(13-20(36)37)10-11-34(21)19(35)12-31-25(39)17-4-2-15(3-5-17)22(27)28;3-2(4,5)1(6)7/h2-9,14,21H,10-13H2,1H3,(H3,27,28)(H3,29,30)(H,31,39)(H,32,38)(H,36,37);(H,6,7)/t14?,21-;/m0./s1. The number of nitrogen functional groups attached to an aromatic ring is 2. The van der Waals surface area contributed by atoms with Crippen LogP contribution in [0.2, 0.25) is 0 Å². The van der Waals surface area contributed by atoms with E-state index in [1.807, 2.05) is 0 Å². The first-order chi connectivity index (χ1) is 21.8. The molecule has 3 rings (SSSR count). The van der Waals surface area contributed by atoms with Crippen molar-refractivity contribution in [2.75, 3.05) is 31.5 Å². The predicted molar refractivity (Wildman–Crippen MR) is 158 cm³/mol. The number of anilines is 1. The number of amidine groups is 2. The van der Waals surface area contributed by atoms with Gasteiger partial charge in [-0.15, -0.1) is 0 Å². The number of alkyl halides is 3. The second kappa shape index (κ2) is 15.8. The van der Waals surface area contributed by atoms with Crippen LogP contribution in [0.4, 0.5) is 18.9 Å². The van der Waals surface area contributed by atoms with E-state index in [0.717, 1.165) is 4.90 Å². The van der Waals surface area contributed by atoms with Crippen molar-refractivity contribution in [1.82, 2.24) is 15.1 Å². The number of nitrogens with two attached hydrogens (primary N) is 2. The number of carbonyl (C=O) groups excluding carboxylic acids is 4. The molecule has 2 atom stereocenters. The monoisotopic (exact) mass is 664 g/mol. The average Bonchev–Trinajstić information content (AvgIpc) is 3.00. The first-order valence-corrected chi connectivity index (χ1v) is 13.4. The number of amides is 4. The molecule has 4 amide bonds. The third kappa shape index (κ3) is 10.5. The van der Waals surface area contributed by atoms with E-state index in [2.05, 4.69) is 10.6 Å². The Hall–Kier alpha value is -6.01. The van der Waals surface area contributed by atoms with Crippen LogP contribution in [0.3, 0.4) is 0 Å². The van der Waals surface area contributed by atoms with Gasteiger partial charge in [0.05, 0.1) is 12.5 Å². The topological polar surface area (TPSA) is 273 Å². The van der Waals surface area contributed by atoms with Gasteiger partial charge in [0.1, 0.15) is 24.3 Å². The van der Waals surface area contributed by atoms with Crippen LogP contribution in [0.15, 0.2) is 48.5 Å². The number of hydrogen-bond acceptors (Lipinski definition) is 8. The first-order valence-electron chi connectivity index (χ1n) is 13.4. The maximum atomic E-state index is 13.3. The van der Waals surface area contributed by atoms with Gasteiger partial charge in [0.15, 0.2) is 0 Å². The van der Waals surface area contributed by atoms with Crippen molar-refractivity contribution in [2.45, 2.75) is 19.1 Å². The lowest BCUT2D eigenvalue weighted by Gasteiger charge is -2.42. The third-order valence-electron chi connectivity index (χ3n) is 6.61. The number of halogens is 3. The second-order valence-corrected chi connectivity index (χ2v) is 9.93. The summed E-state index contributed by atoms with van der Waals surface area (Å²) in [6.45, 7) is 0.273. The molecule has 0 aromatic heterocycles. The van der Waals surface area contributed by atoms with Crippen molar-refractivity contribution in [1.29, 1.82) is 10.8 Å². The lowest BCUT2D eigenvalue weighted by Crippen LogP contribution is -2.63. The molecule has 0 saturated carbocycles. The van der Waals surface area contributed by atoms with Crippen LogP contribution in [0, 0.1) is 16.7 Å². The largest absolute Gasteiger partial charge is 0.490 e. The minimum atomic E-state index is -5.08. The van der Waals surface area contributed by atoms with E-state index in [4.69, 9.17) is 32.2 Å². The summed E-state index contributed by atoms with van der Waals surface area (Å²) in [6.07, 6.45) is -5.08. The minimum absolute atomic E-state index is 0.0450. The van der Waals surface area contributed by atoms with Crippen LogP contribution < -0.4 is 22.1 Å². The highest BCUT2D eigenvalue weighted by Gasteiger charge is 2.43. The number of nitrogens with one attached hydrogen (secondary N) is 4. The summed E-state index contributed by atoms with van der Waals surface area (Å²) in [7, 11) is 0. The Bertz CT molecular complexity index is 1550. The average molecular weight is 665 g/mol. The Morgan fingerprint density at radius 1 is 0.915 bits per heavy atom. The molecule has 16 nitrogen and oxygen atoms in total. The quantitative estimate of drug-likeness (QED) is 0.125. The van der Waals surface area contributed by atoms with Gasteiger partial charge in [0, 0.05) is 35.5 Å². The predicted octanol–water partition coefficient (Wildman–Crippen LogP) is 0.0166. The van der Waals surface area contributed by atoms with Gasteiger partial charge in [0.25, 0.3) is 5.91 Å². The summed E-state index contributed by atoms with van der Waals surface area (Å²) in [5.41, 5.74) is 12.3. The number of carboxylic acids is 2. The molecule has 19 heteroatoms. The zero-order valence-electron chi connectivity index (χ0n) is 24.6. The summed E-state index contributed by atoms with van der Waals surface area (Å²) in [6, 6.07) is 10.7. The third-order valence-corrected chi connectivity index (χ3v) is 6.61. The molecule has 1 heterocycles. The van der Waals surface area contributed by atoms with Crippen LogP contribution in [0.25, 0.3) is 0 Å². The molecule has 0 spiro atoms. The molecule has 2 aromatic rings.